The fourth-order valence-electron chi connectivity index (χ4n) is 1.19. The molecule has 0 amide bonds. The standard InChI is InChI=1S/C10H13ClFNO/c1-10(2,13)6-4-5-7(14-3)8(11)9(6)12/h4-5H,13H2,1-3H3. The van der Waals surface area contributed by atoms with Crippen LogP contribution in [0.3, 0.4) is 0 Å². The molecule has 1 aromatic carbocycles. The van der Waals surface area contributed by atoms with Gasteiger partial charge in [-0.3, -0.25) is 0 Å². The van der Waals surface area contributed by atoms with Crippen LogP contribution in [0.15, 0.2) is 12.1 Å². The predicted octanol–water partition coefficient (Wildman–Crippen LogP) is 2.68. The summed E-state index contributed by atoms with van der Waals surface area (Å²) in [6.45, 7) is 3.43. The van der Waals surface area contributed by atoms with Gasteiger partial charge in [-0.15, -0.1) is 0 Å². The van der Waals surface area contributed by atoms with Gasteiger partial charge in [0.15, 0.2) is 5.82 Å². The SMILES string of the molecule is COc1ccc(C(C)(C)N)c(F)c1Cl. The summed E-state index contributed by atoms with van der Waals surface area (Å²) >= 11 is 5.75. The van der Waals surface area contributed by atoms with Crippen LogP contribution in [0, 0.1) is 5.82 Å². The Bertz CT molecular complexity index is 347. The summed E-state index contributed by atoms with van der Waals surface area (Å²) in [7, 11) is 1.44. The Morgan fingerprint density at radius 2 is 2.00 bits per heavy atom. The Kier molecular flexibility index (Phi) is 3.02. The number of hydrogen-bond donors (Lipinski definition) is 1. The van der Waals surface area contributed by atoms with Crippen molar-refractivity contribution < 1.29 is 9.13 Å². The number of benzene rings is 1. The first-order valence-corrected chi connectivity index (χ1v) is 4.57. The van der Waals surface area contributed by atoms with E-state index in [-0.39, 0.29) is 5.02 Å². The Morgan fingerprint density at radius 1 is 1.43 bits per heavy atom. The molecule has 0 saturated carbocycles. The van der Waals surface area contributed by atoms with Gasteiger partial charge in [-0.25, -0.2) is 4.39 Å². The molecule has 0 spiro atoms. The highest BCUT2D eigenvalue weighted by Gasteiger charge is 2.22. The van der Waals surface area contributed by atoms with Crippen LogP contribution < -0.4 is 10.5 Å². The van der Waals surface area contributed by atoms with Crippen molar-refractivity contribution in [3.8, 4) is 5.75 Å². The third-order valence-corrected chi connectivity index (χ3v) is 2.31. The Labute approximate surface area is 87.8 Å². The van der Waals surface area contributed by atoms with Crippen LogP contribution in [0.2, 0.25) is 5.02 Å². The number of methoxy groups -OCH3 is 1. The van der Waals surface area contributed by atoms with Crippen LogP contribution in [-0.4, -0.2) is 7.11 Å². The summed E-state index contributed by atoms with van der Waals surface area (Å²) in [5.41, 5.74) is 5.41. The summed E-state index contributed by atoms with van der Waals surface area (Å²) in [6, 6.07) is 3.19. The van der Waals surface area contributed by atoms with Gasteiger partial charge in [0.25, 0.3) is 0 Å². The molecule has 78 valence electrons. The zero-order chi connectivity index (χ0) is 10.9. The first-order chi connectivity index (χ1) is 6.38. The molecule has 0 aliphatic heterocycles. The molecule has 4 heteroatoms. The first kappa shape index (κ1) is 11.3. The first-order valence-electron chi connectivity index (χ1n) is 4.19. The summed E-state index contributed by atoms with van der Waals surface area (Å²) in [6.07, 6.45) is 0. The Balaban J connectivity index is 3.31. The maximum Gasteiger partial charge on any atom is 0.150 e. The number of nitrogens with two attached hydrogens (primary N) is 1. The van der Waals surface area contributed by atoms with Gasteiger partial charge in [0.05, 0.1) is 7.11 Å². The second-order valence-electron chi connectivity index (χ2n) is 3.67. The Hall–Kier alpha value is -0.800. The van der Waals surface area contributed by atoms with E-state index in [0.717, 1.165) is 0 Å². The zero-order valence-electron chi connectivity index (χ0n) is 8.40. The maximum atomic E-state index is 13.7. The van der Waals surface area contributed by atoms with Crippen LogP contribution in [0.25, 0.3) is 0 Å². The average Bonchev–Trinajstić information content (AvgIpc) is 2.07. The monoisotopic (exact) mass is 217 g/mol. The molecule has 0 atom stereocenters. The molecule has 0 unspecified atom stereocenters. The fourth-order valence-corrected chi connectivity index (χ4v) is 1.43. The quantitative estimate of drug-likeness (QED) is 0.827. The molecule has 0 bridgehead atoms. The minimum atomic E-state index is -0.750. The van der Waals surface area contributed by atoms with Crippen molar-refractivity contribution >= 4 is 11.6 Å². The van der Waals surface area contributed by atoms with E-state index in [1.54, 1.807) is 26.0 Å². The highest BCUT2D eigenvalue weighted by Crippen LogP contribution is 2.32. The lowest BCUT2D eigenvalue weighted by molar-refractivity contribution is 0.408. The fraction of sp³-hybridized carbons (Fsp3) is 0.400. The van der Waals surface area contributed by atoms with Crippen molar-refractivity contribution in [3.63, 3.8) is 0 Å². The second-order valence-corrected chi connectivity index (χ2v) is 4.04. The lowest BCUT2D eigenvalue weighted by Gasteiger charge is -2.20. The van der Waals surface area contributed by atoms with Gasteiger partial charge in [-0.1, -0.05) is 17.7 Å². The van der Waals surface area contributed by atoms with Crippen LogP contribution in [0.5, 0.6) is 5.75 Å². The summed E-state index contributed by atoms with van der Waals surface area (Å²) in [5, 5.41) is -0.0245. The zero-order valence-corrected chi connectivity index (χ0v) is 9.15. The molecule has 0 heterocycles. The highest BCUT2D eigenvalue weighted by atomic mass is 35.5. The molecule has 0 radical (unpaired) electrons. The van der Waals surface area contributed by atoms with E-state index >= 15 is 0 Å². The van der Waals surface area contributed by atoms with E-state index in [1.165, 1.54) is 7.11 Å². The molecule has 1 rings (SSSR count). The molecule has 14 heavy (non-hydrogen) atoms. The van der Waals surface area contributed by atoms with E-state index in [1.807, 2.05) is 0 Å². The molecule has 0 aromatic heterocycles. The molecule has 0 aliphatic rings. The van der Waals surface area contributed by atoms with Crippen LogP contribution in [-0.2, 0) is 5.54 Å². The molecule has 2 N–H and O–H groups in total. The van der Waals surface area contributed by atoms with E-state index in [9.17, 15) is 4.39 Å². The van der Waals surface area contributed by atoms with E-state index in [2.05, 4.69) is 0 Å². The van der Waals surface area contributed by atoms with Crippen molar-refractivity contribution in [1.29, 1.82) is 0 Å². The van der Waals surface area contributed by atoms with Gasteiger partial charge in [-0.2, -0.15) is 0 Å². The largest absolute Gasteiger partial charge is 0.495 e. The van der Waals surface area contributed by atoms with E-state index in [4.69, 9.17) is 22.1 Å². The third kappa shape index (κ3) is 1.99. The minimum absolute atomic E-state index is 0.0245. The minimum Gasteiger partial charge on any atom is -0.495 e. The van der Waals surface area contributed by atoms with Crippen molar-refractivity contribution in [2.24, 2.45) is 5.73 Å². The van der Waals surface area contributed by atoms with Crippen LogP contribution >= 0.6 is 11.6 Å². The lowest BCUT2D eigenvalue weighted by Crippen LogP contribution is -2.30. The number of rotatable bonds is 2. The van der Waals surface area contributed by atoms with Gasteiger partial charge < -0.3 is 10.5 Å². The molecule has 0 fully saturated rings. The molecular formula is C10H13ClFNO. The Morgan fingerprint density at radius 3 is 2.43 bits per heavy atom. The summed E-state index contributed by atoms with van der Waals surface area (Å²) in [5.74, 6) is -0.198. The van der Waals surface area contributed by atoms with Crippen molar-refractivity contribution in [3.05, 3.63) is 28.5 Å². The van der Waals surface area contributed by atoms with E-state index in [0.29, 0.717) is 11.3 Å². The predicted molar refractivity (Wildman–Crippen MR) is 55.2 cm³/mol. The van der Waals surface area contributed by atoms with Crippen molar-refractivity contribution in [2.45, 2.75) is 19.4 Å². The van der Waals surface area contributed by atoms with Crippen molar-refractivity contribution in [2.75, 3.05) is 7.11 Å². The van der Waals surface area contributed by atoms with Gasteiger partial charge in [0, 0.05) is 11.1 Å². The molecule has 2 nitrogen and oxygen atoms in total. The number of hydrogen-bond acceptors (Lipinski definition) is 2. The molecular weight excluding hydrogens is 205 g/mol. The van der Waals surface area contributed by atoms with E-state index < -0.39 is 11.4 Å². The molecule has 1 aromatic rings. The molecule has 0 aliphatic carbocycles. The van der Waals surface area contributed by atoms with Gasteiger partial charge in [-0.05, 0) is 19.9 Å². The van der Waals surface area contributed by atoms with Crippen LogP contribution in [0.4, 0.5) is 4.39 Å². The third-order valence-electron chi connectivity index (χ3n) is 1.96. The second kappa shape index (κ2) is 3.75. The van der Waals surface area contributed by atoms with Gasteiger partial charge >= 0.3 is 0 Å². The topological polar surface area (TPSA) is 35.2 Å². The summed E-state index contributed by atoms with van der Waals surface area (Å²) in [4.78, 5) is 0. The average molecular weight is 218 g/mol. The lowest BCUT2D eigenvalue weighted by atomic mass is 9.95. The normalized spacial score (nSPS) is 11.6. The van der Waals surface area contributed by atoms with Gasteiger partial charge in [0.1, 0.15) is 10.8 Å². The maximum absolute atomic E-state index is 13.7. The van der Waals surface area contributed by atoms with Crippen LogP contribution in [0.1, 0.15) is 19.4 Å². The number of ether oxygens (including phenoxy) is 1. The number of halogens is 2. The van der Waals surface area contributed by atoms with Gasteiger partial charge in [0.2, 0.25) is 0 Å². The summed E-state index contributed by atoms with van der Waals surface area (Å²) < 4.78 is 18.5. The van der Waals surface area contributed by atoms with Crippen molar-refractivity contribution in [1.82, 2.24) is 0 Å². The molecule has 0 saturated heterocycles. The smallest absolute Gasteiger partial charge is 0.150 e. The highest BCUT2D eigenvalue weighted by molar-refractivity contribution is 6.32.